The lowest BCUT2D eigenvalue weighted by Gasteiger charge is -2.37. The van der Waals surface area contributed by atoms with Gasteiger partial charge in [-0.25, -0.2) is 4.98 Å². The zero-order valence-corrected chi connectivity index (χ0v) is 17.0. The second-order valence-corrected chi connectivity index (χ2v) is 8.42. The standard InChI is InChI=1S/C22H29N5O2/c1-25-13-18(2-3-21(25)28)14-26-10-6-17(7-11-26)15-27-16-24-20(12-22(27)29)19-4-8-23-9-5-19/h4-5,8-9,12,16-18H,2-3,6-7,10-11,13-15H2,1H3. The molecule has 2 aliphatic rings. The summed E-state index contributed by atoms with van der Waals surface area (Å²) in [6.07, 6.45) is 8.98. The van der Waals surface area contributed by atoms with Gasteiger partial charge in [-0.3, -0.25) is 19.1 Å². The lowest BCUT2D eigenvalue weighted by molar-refractivity contribution is -0.133. The fourth-order valence-electron chi connectivity index (χ4n) is 4.49. The van der Waals surface area contributed by atoms with Crippen LogP contribution < -0.4 is 5.56 Å². The van der Waals surface area contributed by atoms with Crippen LogP contribution in [0.1, 0.15) is 25.7 Å². The normalized spacial score (nSPS) is 21.5. The highest BCUT2D eigenvalue weighted by molar-refractivity contribution is 5.76. The van der Waals surface area contributed by atoms with Crippen molar-refractivity contribution in [2.45, 2.75) is 32.2 Å². The number of nitrogens with zero attached hydrogens (tertiary/aromatic N) is 5. The Bertz CT molecular complexity index is 890. The van der Waals surface area contributed by atoms with Crippen LogP contribution in [0.25, 0.3) is 11.3 Å². The predicted octanol–water partition coefficient (Wildman–Crippen LogP) is 1.89. The molecular weight excluding hydrogens is 366 g/mol. The molecule has 4 rings (SSSR count). The van der Waals surface area contributed by atoms with E-state index in [2.05, 4.69) is 14.9 Å². The second-order valence-electron chi connectivity index (χ2n) is 8.42. The quantitative estimate of drug-likeness (QED) is 0.773. The summed E-state index contributed by atoms with van der Waals surface area (Å²) in [5, 5.41) is 0. The fraction of sp³-hybridized carbons (Fsp3) is 0.545. The van der Waals surface area contributed by atoms with Gasteiger partial charge in [0.05, 0.1) is 12.0 Å². The lowest BCUT2D eigenvalue weighted by atomic mass is 9.93. The molecule has 1 unspecified atom stereocenters. The van der Waals surface area contributed by atoms with Gasteiger partial charge in [-0.1, -0.05) is 0 Å². The minimum absolute atomic E-state index is 0.00384. The fourth-order valence-corrected chi connectivity index (χ4v) is 4.49. The maximum Gasteiger partial charge on any atom is 0.253 e. The molecule has 7 nitrogen and oxygen atoms in total. The highest BCUT2D eigenvalue weighted by Crippen LogP contribution is 2.23. The molecule has 0 radical (unpaired) electrons. The van der Waals surface area contributed by atoms with Crippen molar-refractivity contribution < 1.29 is 4.79 Å². The SMILES string of the molecule is CN1CC(CN2CCC(Cn3cnc(-c4ccncc4)cc3=O)CC2)CCC1=O. The summed E-state index contributed by atoms with van der Waals surface area (Å²) in [4.78, 5) is 37.1. The highest BCUT2D eigenvalue weighted by atomic mass is 16.2. The van der Waals surface area contributed by atoms with Gasteiger partial charge in [-0.2, -0.15) is 0 Å². The van der Waals surface area contributed by atoms with Gasteiger partial charge in [0.25, 0.3) is 5.56 Å². The summed E-state index contributed by atoms with van der Waals surface area (Å²) in [6.45, 7) is 4.82. The molecule has 1 atom stereocenters. The molecule has 2 aromatic rings. The van der Waals surface area contributed by atoms with Gasteiger partial charge in [0.1, 0.15) is 0 Å². The first-order valence-electron chi connectivity index (χ1n) is 10.5. The number of carbonyl (C=O) groups is 1. The number of pyridine rings is 1. The van der Waals surface area contributed by atoms with Gasteiger partial charge in [0.15, 0.2) is 0 Å². The maximum atomic E-state index is 12.5. The zero-order chi connectivity index (χ0) is 20.2. The summed E-state index contributed by atoms with van der Waals surface area (Å²) in [5.74, 6) is 1.36. The molecule has 1 amide bonds. The molecule has 0 saturated carbocycles. The van der Waals surface area contributed by atoms with Gasteiger partial charge >= 0.3 is 0 Å². The number of likely N-dealkylation sites (tertiary alicyclic amines) is 2. The monoisotopic (exact) mass is 395 g/mol. The van der Waals surface area contributed by atoms with Crippen molar-refractivity contribution in [3.63, 3.8) is 0 Å². The Balaban J connectivity index is 1.29. The van der Waals surface area contributed by atoms with E-state index in [0.717, 1.165) is 57.5 Å². The Kier molecular flexibility index (Phi) is 6.04. The van der Waals surface area contributed by atoms with Gasteiger partial charge < -0.3 is 9.80 Å². The van der Waals surface area contributed by atoms with Crippen molar-refractivity contribution in [1.29, 1.82) is 0 Å². The Hall–Kier alpha value is -2.54. The summed E-state index contributed by atoms with van der Waals surface area (Å²) in [7, 11) is 1.91. The van der Waals surface area contributed by atoms with Crippen LogP contribution in [0.2, 0.25) is 0 Å². The number of rotatable bonds is 5. The number of amides is 1. The lowest BCUT2D eigenvalue weighted by Crippen LogP contribution is -2.44. The average Bonchev–Trinajstić information content (AvgIpc) is 2.74. The minimum Gasteiger partial charge on any atom is -0.345 e. The Labute approximate surface area is 171 Å². The number of aromatic nitrogens is 3. The van der Waals surface area contributed by atoms with Crippen molar-refractivity contribution in [2.24, 2.45) is 11.8 Å². The van der Waals surface area contributed by atoms with Crippen molar-refractivity contribution in [1.82, 2.24) is 24.3 Å². The number of hydrogen-bond donors (Lipinski definition) is 0. The largest absolute Gasteiger partial charge is 0.345 e. The molecule has 0 aliphatic carbocycles. The van der Waals surface area contributed by atoms with Crippen LogP contribution in [-0.2, 0) is 11.3 Å². The predicted molar refractivity (Wildman–Crippen MR) is 111 cm³/mol. The first kappa shape index (κ1) is 19.8. The first-order chi connectivity index (χ1) is 14.1. The smallest absolute Gasteiger partial charge is 0.253 e. The highest BCUT2D eigenvalue weighted by Gasteiger charge is 2.27. The van der Waals surface area contributed by atoms with Crippen molar-refractivity contribution in [2.75, 3.05) is 33.2 Å². The van der Waals surface area contributed by atoms with Crippen molar-refractivity contribution in [3.05, 3.63) is 47.3 Å². The first-order valence-corrected chi connectivity index (χ1v) is 10.5. The number of carbonyl (C=O) groups excluding carboxylic acids is 1. The molecule has 2 aromatic heterocycles. The van der Waals surface area contributed by atoms with Crippen LogP contribution in [-0.4, -0.2) is 63.5 Å². The van der Waals surface area contributed by atoms with Gasteiger partial charge in [0, 0.05) is 57.1 Å². The Morgan fingerprint density at radius 1 is 1.03 bits per heavy atom. The van der Waals surface area contributed by atoms with Crippen LogP contribution in [0.3, 0.4) is 0 Å². The molecule has 2 aliphatic heterocycles. The maximum absolute atomic E-state index is 12.5. The molecule has 0 N–H and O–H groups in total. The van der Waals surface area contributed by atoms with Crippen molar-refractivity contribution >= 4 is 5.91 Å². The molecule has 0 aromatic carbocycles. The molecule has 0 bridgehead atoms. The van der Waals surface area contributed by atoms with E-state index in [4.69, 9.17) is 0 Å². The topological polar surface area (TPSA) is 71.3 Å². The Morgan fingerprint density at radius 3 is 2.48 bits per heavy atom. The molecular formula is C22H29N5O2. The summed E-state index contributed by atoms with van der Waals surface area (Å²) in [6, 6.07) is 5.34. The zero-order valence-electron chi connectivity index (χ0n) is 17.0. The van der Waals surface area contributed by atoms with E-state index in [9.17, 15) is 9.59 Å². The number of hydrogen-bond acceptors (Lipinski definition) is 5. The third-order valence-electron chi connectivity index (χ3n) is 6.26. The van der Waals surface area contributed by atoms with Crippen LogP contribution in [0, 0.1) is 11.8 Å². The molecule has 0 spiro atoms. The van der Waals surface area contributed by atoms with E-state index in [-0.39, 0.29) is 11.5 Å². The summed E-state index contributed by atoms with van der Waals surface area (Å²) < 4.78 is 1.74. The summed E-state index contributed by atoms with van der Waals surface area (Å²) >= 11 is 0. The third-order valence-corrected chi connectivity index (χ3v) is 6.26. The Morgan fingerprint density at radius 2 is 1.79 bits per heavy atom. The van der Waals surface area contributed by atoms with E-state index in [1.54, 1.807) is 29.4 Å². The molecule has 29 heavy (non-hydrogen) atoms. The third kappa shape index (κ3) is 4.90. The van der Waals surface area contributed by atoms with Crippen LogP contribution in [0.15, 0.2) is 41.7 Å². The molecule has 4 heterocycles. The van der Waals surface area contributed by atoms with E-state index >= 15 is 0 Å². The average molecular weight is 396 g/mol. The molecule has 7 heteroatoms. The molecule has 2 fully saturated rings. The van der Waals surface area contributed by atoms with E-state index in [1.807, 2.05) is 24.1 Å². The van der Waals surface area contributed by atoms with Gasteiger partial charge in [-0.15, -0.1) is 0 Å². The van der Waals surface area contributed by atoms with Gasteiger partial charge in [0.2, 0.25) is 5.91 Å². The second kappa shape index (κ2) is 8.86. The van der Waals surface area contributed by atoms with E-state index in [1.165, 1.54) is 0 Å². The van der Waals surface area contributed by atoms with E-state index in [0.29, 0.717) is 24.0 Å². The summed E-state index contributed by atoms with van der Waals surface area (Å²) in [5.41, 5.74) is 1.61. The van der Waals surface area contributed by atoms with Crippen LogP contribution in [0.4, 0.5) is 0 Å². The molecule has 154 valence electrons. The van der Waals surface area contributed by atoms with Crippen molar-refractivity contribution in [3.8, 4) is 11.3 Å². The van der Waals surface area contributed by atoms with Crippen LogP contribution >= 0.6 is 0 Å². The van der Waals surface area contributed by atoms with Crippen LogP contribution in [0.5, 0.6) is 0 Å². The number of piperidine rings is 2. The van der Waals surface area contributed by atoms with Gasteiger partial charge in [-0.05, 0) is 56.3 Å². The van der Waals surface area contributed by atoms with E-state index < -0.39 is 0 Å². The minimum atomic E-state index is 0.00384. The molecule has 2 saturated heterocycles.